The van der Waals surface area contributed by atoms with Gasteiger partial charge in [0.15, 0.2) is 5.11 Å². The first-order valence-electron chi connectivity index (χ1n) is 9.54. The monoisotopic (exact) mass is 374 g/mol. The van der Waals surface area contributed by atoms with E-state index in [1.54, 1.807) is 12.1 Å². The number of allylic oxidation sites excluding steroid dienone is 1. The van der Waals surface area contributed by atoms with Crippen molar-refractivity contribution >= 4 is 23.2 Å². The number of ether oxygens (including phenoxy) is 1. The number of amides is 1. The summed E-state index contributed by atoms with van der Waals surface area (Å²) in [4.78, 5) is 12.3. The fraction of sp³-hybridized carbons (Fsp3) is 0.524. The van der Waals surface area contributed by atoms with Crippen molar-refractivity contribution < 1.29 is 9.53 Å². The van der Waals surface area contributed by atoms with Crippen LogP contribution in [0.2, 0.25) is 0 Å². The maximum absolute atomic E-state index is 12.3. The van der Waals surface area contributed by atoms with Gasteiger partial charge < -0.3 is 10.1 Å². The van der Waals surface area contributed by atoms with Gasteiger partial charge in [-0.05, 0) is 74.9 Å². The standard InChI is InChI=1S/C21H30N2O2S/c1-16(2)12-14-25-19-10-6-9-18(15-19)20(24)23-21(26)22-13-11-17-7-4-3-5-8-17/h6-7,9-10,15-16H,3-5,8,11-14H2,1-2H3,(H2,22,23,24,26). The normalized spacial score (nSPS) is 13.9. The van der Waals surface area contributed by atoms with E-state index < -0.39 is 0 Å². The van der Waals surface area contributed by atoms with Crippen LogP contribution in [0, 0.1) is 5.92 Å². The number of nitrogens with one attached hydrogen (secondary N) is 2. The molecule has 0 unspecified atom stereocenters. The minimum absolute atomic E-state index is 0.214. The highest BCUT2D eigenvalue weighted by atomic mass is 32.1. The number of hydrogen-bond acceptors (Lipinski definition) is 3. The fourth-order valence-corrected chi connectivity index (χ4v) is 3.02. The number of carbonyl (C=O) groups is 1. The summed E-state index contributed by atoms with van der Waals surface area (Å²) >= 11 is 5.23. The van der Waals surface area contributed by atoms with E-state index in [1.807, 2.05) is 12.1 Å². The summed E-state index contributed by atoms with van der Waals surface area (Å²) in [7, 11) is 0. The third-order valence-electron chi connectivity index (χ3n) is 4.40. The Kier molecular flexibility index (Phi) is 8.62. The molecular formula is C21H30N2O2S. The number of hydrogen-bond donors (Lipinski definition) is 2. The van der Waals surface area contributed by atoms with Crippen LogP contribution in [0.4, 0.5) is 0 Å². The molecule has 142 valence electrons. The van der Waals surface area contributed by atoms with Crippen molar-refractivity contribution in [1.29, 1.82) is 0 Å². The van der Waals surface area contributed by atoms with Gasteiger partial charge in [0, 0.05) is 12.1 Å². The van der Waals surface area contributed by atoms with E-state index in [9.17, 15) is 4.79 Å². The molecule has 0 heterocycles. The van der Waals surface area contributed by atoms with E-state index >= 15 is 0 Å². The van der Waals surface area contributed by atoms with Gasteiger partial charge in [-0.15, -0.1) is 0 Å². The van der Waals surface area contributed by atoms with E-state index in [-0.39, 0.29) is 5.91 Å². The van der Waals surface area contributed by atoms with Crippen LogP contribution in [0.15, 0.2) is 35.9 Å². The molecule has 0 fully saturated rings. The fourth-order valence-electron chi connectivity index (χ4n) is 2.83. The molecule has 4 nitrogen and oxygen atoms in total. The Bertz CT molecular complexity index is 641. The van der Waals surface area contributed by atoms with Gasteiger partial charge in [0.1, 0.15) is 5.75 Å². The molecular weight excluding hydrogens is 344 g/mol. The lowest BCUT2D eigenvalue weighted by Gasteiger charge is -2.14. The zero-order chi connectivity index (χ0) is 18.8. The number of thiocarbonyl (C=S) groups is 1. The number of rotatable bonds is 8. The van der Waals surface area contributed by atoms with E-state index in [0.717, 1.165) is 19.4 Å². The van der Waals surface area contributed by atoms with Gasteiger partial charge in [0.25, 0.3) is 5.91 Å². The second-order valence-electron chi connectivity index (χ2n) is 7.13. The van der Waals surface area contributed by atoms with Crippen LogP contribution in [-0.4, -0.2) is 24.2 Å². The average Bonchev–Trinajstić information content (AvgIpc) is 2.62. The van der Waals surface area contributed by atoms with Crippen molar-refractivity contribution in [3.8, 4) is 5.75 Å². The summed E-state index contributed by atoms with van der Waals surface area (Å²) in [5, 5.41) is 6.23. The Balaban J connectivity index is 1.75. The molecule has 0 atom stereocenters. The van der Waals surface area contributed by atoms with Crippen LogP contribution in [0.1, 0.15) is 62.7 Å². The third kappa shape index (κ3) is 7.56. The summed E-state index contributed by atoms with van der Waals surface area (Å²) in [6.45, 7) is 5.72. The molecule has 1 aliphatic rings. The topological polar surface area (TPSA) is 50.4 Å². The summed E-state index contributed by atoms with van der Waals surface area (Å²) in [5.74, 6) is 1.09. The van der Waals surface area contributed by atoms with Crippen molar-refractivity contribution in [1.82, 2.24) is 10.6 Å². The Morgan fingerprint density at radius 3 is 2.88 bits per heavy atom. The molecule has 1 amide bonds. The maximum Gasteiger partial charge on any atom is 0.257 e. The van der Waals surface area contributed by atoms with Crippen LogP contribution < -0.4 is 15.4 Å². The lowest BCUT2D eigenvalue weighted by Crippen LogP contribution is -2.39. The zero-order valence-corrected chi connectivity index (χ0v) is 16.7. The van der Waals surface area contributed by atoms with Crippen LogP contribution in [0.25, 0.3) is 0 Å². The van der Waals surface area contributed by atoms with Crippen molar-refractivity contribution in [3.05, 3.63) is 41.5 Å². The molecule has 0 spiro atoms. The Morgan fingerprint density at radius 2 is 2.15 bits per heavy atom. The predicted molar refractivity (Wildman–Crippen MR) is 111 cm³/mol. The van der Waals surface area contributed by atoms with Crippen molar-refractivity contribution in [2.75, 3.05) is 13.2 Å². The highest BCUT2D eigenvalue weighted by molar-refractivity contribution is 7.80. The van der Waals surface area contributed by atoms with Crippen molar-refractivity contribution in [2.24, 2.45) is 5.92 Å². The SMILES string of the molecule is CC(C)CCOc1cccc(C(=O)NC(=S)NCCC2=CCCCC2)c1. The molecule has 0 aliphatic heterocycles. The molecule has 0 saturated carbocycles. The maximum atomic E-state index is 12.3. The quantitative estimate of drug-likeness (QED) is 0.515. The molecule has 0 saturated heterocycles. The first kappa shape index (κ1) is 20.4. The minimum Gasteiger partial charge on any atom is -0.494 e. The van der Waals surface area contributed by atoms with Gasteiger partial charge in [0.05, 0.1) is 6.61 Å². The van der Waals surface area contributed by atoms with Crippen LogP contribution in [0.5, 0.6) is 5.75 Å². The van der Waals surface area contributed by atoms with E-state index in [2.05, 4.69) is 30.6 Å². The zero-order valence-electron chi connectivity index (χ0n) is 15.8. The van der Waals surface area contributed by atoms with Gasteiger partial charge >= 0.3 is 0 Å². The van der Waals surface area contributed by atoms with Crippen LogP contribution >= 0.6 is 12.2 Å². The molecule has 0 bridgehead atoms. The lowest BCUT2D eigenvalue weighted by atomic mass is 9.97. The number of carbonyl (C=O) groups excluding carboxylic acids is 1. The lowest BCUT2D eigenvalue weighted by molar-refractivity contribution is 0.0976. The first-order valence-corrected chi connectivity index (χ1v) is 9.95. The summed E-state index contributed by atoms with van der Waals surface area (Å²) in [6.07, 6.45) is 9.25. The predicted octanol–water partition coefficient (Wildman–Crippen LogP) is 4.61. The molecule has 26 heavy (non-hydrogen) atoms. The second-order valence-corrected chi connectivity index (χ2v) is 7.54. The van der Waals surface area contributed by atoms with Gasteiger partial charge in [-0.25, -0.2) is 0 Å². The summed E-state index contributed by atoms with van der Waals surface area (Å²) in [6, 6.07) is 7.21. The van der Waals surface area contributed by atoms with Crippen LogP contribution in [0.3, 0.4) is 0 Å². The molecule has 1 aromatic rings. The Morgan fingerprint density at radius 1 is 1.31 bits per heavy atom. The number of benzene rings is 1. The largest absolute Gasteiger partial charge is 0.494 e. The molecule has 0 aromatic heterocycles. The molecule has 2 N–H and O–H groups in total. The third-order valence-corrected chi connectivity index (χ3v) is 4.65. The summed E-state index contributed by atoms with van der Waals surface area (Å²) < 4.78 is 5.71. The van der Waals surface area contributed by atoms with Crippen molar-refractivity contribution in [2.45, 2.75) is 52.4 Å². The second kappa shape index (κ2) is 11.0. The Labute approximate surface area is 162 Å². The van der Waals surface area contributed by atoms with Gasteiger partial charge in [0.2, 0.25) is 0 Å². The molecule has 1 aliphatic carbocycles. The van der Waals surface area contributed by atoms with Gasteiger partial charge in [-0.2, -0.15) is 0 Å². The minimum atomic E-state index is -0.214. The van der Waals surface area contributed by atoms with Crippen LogP contribution in [-0.2, 0) is 0 Å². The Hall–Kier alpha value is -1.88. The van der Waals surface area contributed by atoms with E-state index in [0.29, 0.717) is 29.0 Å². The molecule has 1 aromatic carbocycles. The molecule has 5 heteroatoms. The highest BCUT2D eigenvalue weighted by Gasteiger charge is 2.09. The van der Waals surface area contributed by atoms with Gasteiger partial charge in [-0.1, -0.05) is 31.6 Å². The highest BCUT2D eigenvalue weighted by Crippen LogP contribution is 2.19. The van der Waals surface area contributed by atoms with Gasteiger partial charge in [-0.3, -0.25) is 10.1 Å². The van der Waals surface area contributed by atoms with E-state index in [4.69, 9.17) is 17.0 Å². The van der Waals surface area contributed by atoms with E-state index in [1.165, 1.54) is 31.3 Å². The molecule has 0 radical (unpaired) electrons. The first-order chi connectivity index (χ1) is 12.5. The molecule has 2 rings (SSSR count). The summed E-state index contributed by atoms with van der Waals surface area (Å²) in [5.41, 5.74) is 2.04. The average molecular weight is 375 g/mol. The van der Waals surface area contributed by atoms with Crippen molar-refractivity contribution in [3.63, 3.8) is 0 Å². The smallest absolute Gasteiger partial charge is 0.257 e.